The zero-order valence-electron chi connectivity index (χ0n) is 8.65. The van der Waals surface area contributed by atoms with Crippen molar-refractivity contribution in [3.63, 3.8) is 0 Å². The van der Waals surface area contributed by atoms with Crippen LogP contribution in [0.15, 0.2) is 24.3 Å². The molecule has 4 heteroatoms. The Bertz CT molecular complexity index is 349. The summed E-state index contributed by atoms with van der Waals surface area (Å²) in [6.07, 6.45) is -0.167. The van der Waals surface area contributed by atoms with E-state index in [1.807, 2.05) is 0 Å². The maximum Gasteiger partial charge on any atom is 0.258 e. The number of fused-ring (bicyclic) bond motifs is 1. The number of hydrogen-bond donors (Lipinski definition) is 2. The Morgan fingerprint density at radius 3 is 1.73 bits per heavy atom. The first kappa shape index (κ1) is 11.4. The van der Waals surface area contributed by atoms with Crippen LogP contribution in [0.2, 0.25) is 0 Å². The molecule has 80 valence electrons. The highest BCUT2D eigenvalue weighted by atomic mass is 16.3. The molecule has 1 aromatic rings. The summed E-state index contributed by atoms with van der Waals surface area (Å²) >= 11 is 0. The first-order valence-electron chi connectivity index (χ1n) is 4.65. The summed E-state index contributed by atoms with van der Waals surface area (Å²) < 4.78 is 0. The van der Waals surface area contributed by atoms with E-state index < -0.39 is 0 Å². The largest absolute Gasteiger partial charge is 0.394 e. The molecule has 0 spiro atoms. The van der Waals surface area contributed by atoms with Crippen molar-refractivity contribution in [2.75, 3.05) is 0 Å². The minimum Gasteiger partial charge on any atom is -0.394 e. The number of rotatable bonds is 0. The minimum atomic E-state index is -0.300. The van der Waals surface area contributed by atoms with Gasteiger partial charge in [-0.2, -0.15) is 0 Å². The molecule has 1 aliphatic rings. The summed E-state index contributed by atoms with van der Waals surface area (Å²) in [5, 5.41) is 10.3. The molecular formula is C11H13NO3. The van der Waals surface area contributed by atoms with Crippen molar-refractivity contribution in [3.8, 4) is 0 Å². The van der Waals surface area contributed by atoms with Crippen LogP contribution in [0.1, 0.15) is 34.6 Å². The third-order valence-electron chi connectivity index (χ3n) is 1.64. The molecule has 1 heterocycles. The highest BCUT2D eigenvalue weighted by Gasteiger charge is 2.25. The van der Waals surface area contributed by atoms with Gasteiger partial charge in [0.2, 0.25) is 0 Å². The zero-order chi connectivity index (χ0) is 11.4. The number of carbonyl (C=O) groups is 2. The van der Waals surface area contributed by atoms with Crippen LogP contribution in [-0.4, -0.2) is 23.0 Å². The second-order valence-corrected chi connectivity index (χ2v) is 3.42. The van der Waals surface area contributed by atoms with Crippen molar-refractivity contribution in [2.45, 2.75) is 20.0 Å². The van der Waals surface area contributed by atoms with E-state index in [4.69, 9.17) is 5.11 Å². The molecule has 0 atom stereocenters. The fourth-order valence-corrected chi connectivity index (χ4v) is 1.12. The van der Waals surface area contributed by atoms with Gasteiger partial charge in [0.25, 0.3) is 11.8 Å². The number of amides is 2. The topological polar surface area (TPSA) is 66.4 Å². The third-order valence-corrected chi connectivity index (χ3v) is 1.64. The van der Waals surface area contributed by atoms with Gasteiger partial charge in [-0.15, -0.1) is 0 Å². The van der Waals surface area contributed by atoms with Crippen molar-refractivity contribution in [3.05, 3.63) is 35.4 Å². The fourth-order valence-electron chi connectivity index (χ4n) is 1.12. The van der Waals surface area contributed by atoms with Gasteiger partial charge in [-0.3, -0.25) is 14.9 Å². The van der Waals surface area contributed by atoms with Crippen LogP contribution in [-0.2, 0) is 0 Å². The van der Waals surface area contributed by atoms with Crippen LogP contribution in [0, 0.1) is 0 Å². The van der Waals surface area contributed by atoms with Crippen molar-refractivity contribution in [1.82, 2.24) is 5.32 Å². The van der Waals surface area contributed by atoms with Crippen LogP contribution in [0.5, 0.6) is 0 Å². The lowest BCUT2D eigenvalue weighted by molar-refractivity contribution is 0.0879. The Kier molecular flexibility index (Phi) is 3.57. The van der Waals surface area contributed by atoms with E-state index in [0.29, 0.717) is 11.1 Å². The quantitative estimate of drug-likeness (QED) is 0.622. The Balaban J connectivity index is 0.000000245. The van der Waals surface area contributed by atoms with Crippen LogP contribution in [0.3, 0.4) is 0 Å². The molecule has 0 unspecified atom stereocenters. The second kappa shape index (κ2) is 4.70. The SMILES string of the molecule is CC(C)O.O=C1NC(=O)c2ccccc21. The summed E-state index contributed by atoms with van der Waals surface area (Å²) in [6, 6.07) is 6.74. The molecule has 1 aromatic carbocycles. The average Bonchev–Trinajstić information content (AvgIpc) is 2.43. The van der Waals surface area contributed by atoms with Gasteiger partial charge in [-0.25, -0.2) is 0 Å². The molecule has 0 aromatic heterocycles. The number of aliphatic hydroxyl groups is 1. The molecule has 0 saturated heterocycles. The van der Waals surface area contributed by atoms with Gasteiger partial charge in [0.05, 0.1) is 11.1 Å². The molecule has 1 aliphatic heterocycles. The Labute approximate surface area is 87.9 Å². The van der Waals surface area contributed by atoms with E-state index >= 15 is 0 Å². The molecule has 15 heavy (non-hydrogen) atoms. The van der Waals surface area contributed by atoms with Crippen molar-refractivity contribution in [2.24, 2.45) is 0 Å². The molecule has 2 N–H and O–H groups in total. The first-order valence-corrected chi connectivity index (χ1v) is 4.65. The number of carbonyl (C=O) groups excluding carboxylic acids is 2. The number of hydrogen-bond acceptors (Lipinski definition) is 3. The molecule has 0 aliphatic carbocycles. The molecule has 0 bridgehead atoms. The summed E-state index contributed by atoms with van der Waals surface area (Å²) in [7, 11) is 0. The standard InChI is InChI=1S/C8H5NO2.C3H8O/c10-7-5-3-1-2-4-6(5)8(11)9-7;1-3(2)4/h1-4H,(H,9,10,11);3-4H,1-2H3. The third kappa shape index (κ3) is 2.89. The molecule has 4 nitrogen and oxygen atoms in total. The van der Waals surface area contributed by atoms with Crippen LogP contribution >= 0.6 is 0 Å². The van der Waals surface area contributed by atoms with Crippen LogP contribution in [0.4, 0.5) is 0 Å². The summed E-state index contributed by atoms with van der Waals surface area (Å²) in [4.78, 5) is 21.9. The van der Waals surface area contributed by atoms with E-state index in [0.717, 1.165) is 0 Å². The number of benzene rings is 1. The normalized spacial score (nSPS) is 13.1. The van der Waals surface area contributed by atoms with Gasteiger partial charge in [-0.05, 0) is 26.0 Å². The lowest BCUT2D eigenvalue weighted by Gasteiger charge is -1.88. The number of aliphatic hydroxyl groups excluding tert-OH is 1. The van der Waals surface area contributed by atoms with Crippen molar-refractivity contribution in [1.29, 1.82) is 0 Å². The summed E-state index contributed by atoms with van der Waals surface area (Å²) in [6.45, 7) is 3.44. The summed E-state index contributed by atoms with van der Waals surface area (Å²) in [5.74, 6) is -0.601. The zero-order valence-corrected chi connectivity index (χ0v) is 8.65. The number of nitrogens with one attached hydrogen (secondary N) is 1. The first-order chi connectivity index (χ1) is 7.02. The van der Waals surface area contributed by atoms with E-state index in [-0.39, 0.29) is 17.9 Å². The van der Waals surface area contributed by atoms with Crippen LogP contribution < -0.4 is 5.32 Å². The smallest absolute Gasteiger partial charge is 0.258 e. The highest BCUT2D eigenvalue weighted by molar-refractivity contribution is 6.21. The van der Waals surface area contributed by atoms with E-state index in [2.05, 4.69) is 5.32 Å². The van der Waals surface area contributed by atoms with Crippen LogP contribution in [0.25, 0.3) is 0 Å². The maximum atomic E-state index is 10.9. The lowest BCUT2D eigenvalue weighted by Crippen LogP contribution is -2.19. The summed E-state index contributed by atoms with van der Waals surface area (Å²) in [5.41, 5.74) is 0.940. The number of imide groups is 1. The van der Waals surface area contributed by atoms with E-state index in [1.165, 1.54) is 0 Å². The molecule has 2 rings (SSSR count). The van der Waals surface area contributed by atoms with E-state index in [9.17, 15) is 9.59 Å². The van der Waals surface area contributed by atoms with Gasteiger partial charge in [0, 0.05) is 6.10 Å². The van der Waals surface area contributed by atoms with Gasteiger partial charge in [-0.1, -0.05) is 12.1 Å². The van der Waals surface area contributed by atoms with Gasteiger partial charge in [0.15, 0.2) is 0 Å². The van der Waals surface area contributed by atoms with Gasteiger partial charge < -0.3 is 5.11 Å². The van der Waals surface area contributed by atoms with Gasteiger partial charge >= 0.3 is 0 Å². The molecule has 0 saturated carbocycles. The fraction of sp³-hybridized carbons (Fsp3) is 0.273. The molecule has 0 radical (unpaired) electrons. The molecular weight excluding hydrogens is 194 g/mol. The maximum absolute atomic E-state index is 10.9. The average molecular weight is 207 g/mol. The Hall–Kier alpha value is -1.68. The Morgan fingerprint density at radius 2 is 1.40 bits per heavy atom. The molecule has 2 amide bonds. The predicted molar refractivity (Wildman–Crippen MR) is 55.6 cm³/mol. The predicted octanol–water partition coefficient (Wildman–Crippen LogP) is 0.957. The van der Waals surface area contributed by atoms with Crippen molar-refractivity contribution >= 4 is 11.8 Å². The minimum absolute atomic E-state index is 0.167. The Morgan fingerprint density at radius 1 is 1.07 bits per heavy atom. The van der Waals surface area contributed by atoms with E-state index in [1.54, 1.807) is 38.1 Å². The molecule has 0 fully saturated rings. The lowest BCUT2D eigenvalue weighted by atomic mass is 10.1. The second-order valence-electron chi connectivity index (χ2n) is 3.42. The van der Waals surface area contributed by atoms with Gasteiger partial charge in [0.1, 0.15) is 0 Å². The monoisotopic (exact) mass is 207 g/mol. The van der Waals surface area contributed by atoms with Crippen molar-refractivity contribution < 1.29 is 14.7 Å². The highest BCUT2D eigenvalue weighted by Crippen LogP contribution is 2.13.